The van der Waals surface area contributed by atoms with Crippen LogP contribution in [0.3, 0.4) is 0 Å². The molecule has 0 bridgehead atoms. The van der Waals surface area contributed by atoms with Gasteiger partial charge in [-0.2, -0.15) is 0 Å². The number of furan rings is 1. The lowest BCUT2D eigenvalue weighted by molar-refractivity contribution is -0.129. The van der Waals surface area contributed by atoms with Crippen molar-refractivity contribution in [3.8, 4) is 11.3 Å². The lowest BCUT2D eigenvalue weighted by atomic mass is 10.2. The summed E-state index contributed by atoms with van der Waals surface area (Å²) in [5, 5.41) is 1.91. The Labute approximate surface area is 150 Å². The van der Waals surface area contributed by atoms with Crippen LogP contribution in [0, 0.1) is 0 Å². The van der Waals surface area contributed by atoms with Crippen LogP contribution < -0.4 is 0 Å². The van der Waals surface area contributed by atoms with E-state index in [1.165, 1.54) is 11.3 Å². The summed E-state index contributed by atoms with van der Waals surface area (Å²) in [4.78, 5) is 17.0. The highest BCUT2D eigenvalue weighted by Crippen LogP contribution is 2.26. The molecule has 3 heterocycles. The molecular formula is C18H10BrNO3S. The van der Waals surface area contributed by atoms with Gasteiger partial charge in [0.05, 0.1) is 4.88 Å². The summed E-state index contributed by atoms with van der Waals surface area (Å²) < 4.78 is 12.0. The van der Waals surface area contributed by atoms with Crippen LogP contribution in [0.2, 0.25) is 0 Å². The van der Waals surface area contributed by atoms with Crippen LogP contribution in [0.15, 0.2) is 73.5 Å². The summed E-state index contributed by atoms with van der Waals surface area (Å²) in [7, 11) is 0. The molecule has 0 spiro atoms. The largest absolute Gasteiger partial charge is 0.457 e. The number of ether oxygens (including phenoxy) is 1. The van der Waals surface area contributed by atoms with Gasteiger partial charge in [0.1, 0.15) is 11.5 Å². The van der Waals surface area contributed by atoms with Gasteiger partial charge in [-0.3, -0.25) is 0 Å². The molecule has 4 rings (SSSR count). The molecule has 0 unspecified atom stereocenters. The van der Waals surface area contributed by atoms with E-state index in [1.54, 1.807) is 12.1 Å². The fourth-order valence-electron chi connectivity index (χ4n) is 2.25. The summed E-state index contributed by atoms with van der Waals surface area (Å²) in [6.07, 6.45) is 1.59. The first kappa shape index (κ1) is 15.1. The number of cyclic esters (lactones) is 1. The van der Waals surface area contributed by atoms with Crippen molar-refractivity contribution in [3.05, 3.63) is 74.7 Å². The highest BCUT2D eigenvalue weighted by atomic mass is 79.9. The zero-order chi connectivity index (χ0) is 16.5. The van der Waals surface area contributed by atoms with Crippen LogP contribution in [0.1, 0.15) is 10.6 Å². The molecule has 0 fully saturated rings. The highest BCUT2D eigenvalue weighted by molar-refractivity contribution is 9.10. The fourth-order valence-corrected chi connectivity index (χ4v) is 3.16. The van der Waals surface area contributed by atoms with E-state index in [9.17, 15) is 4.79 Å². The average Bonchev–Trinajstić information content (AvgIpc) is 3.31. The number of carbonyl (C=O) groups is 1. The first-order valence-electron chi connectivity index (χ1n) is 7.11. The molecule has 6 heteroatoms. The minimum absolute atomic E-state index is 0.232. The second kappa shape index (κ2) is 6.22. The van der Waals surface area contributed by atoms with Crippen LogP contribution in [0.25, 0.3) is 17.4 Å². The van der Waals surface area contributed by atoms with Crippen molar-refractivity contribution in [2.45, 2.75) is 0 Å². The Hall–Kier alpha value is -2.44. The van der Waals surface area contributed by atoms with Crippen LogP contribution in [0.5, 0.6) is 0 Å². The van der Waals surface area contributed by atoms with E-state index < -0.39 is 5.97 Å². The number of hydrogen-bond acceptors (Lipinski definition) is 5. The molecule has 0 aliphatic carbocycles. The summed E-state index contributed by atoms with van der Waals surface area (Å²) in [5.41, 5.74) is 1.19. The van der Waals surface area contributed by atoms with E-state index >= 15 is 0 Å². The lowest BCUT2D eigenvalue weighted by Crippen LogP contribution is -2.03. The van der Waals surface area contributed by atoms with Crippen LogP contribution in [0.4, 0.5) is 0 Å². The molecule has 4 nitrogen and oxygen atoms in total. The molecule has 118 valence electrons. The molecule has 0 saturated carbocycles. The first-order chi connectivity index (χ1) is 11.7. The molecule has 0 atom stereocenters. The van der Waals surface area contributed by atoms with Crippen LogP contribution in [-0.4, -0.2) is 11.9 Å². The molecule has 0 radical (unpaired) electrons. The van der Waals surface area contributed by atoms with Gasteiger partial charge in [-0.25, -0.2) is 9.79 Å². The molecular weight excluding hydrogens is 390 g/mol. The van der Waals surface area contributed by atoms with Crippen molar-refractivity contribution in [3.63, 3.8) is 0 Å². The number of carbonyl (C=O) groups excluding carboxylic acids is 1. The van der Waals surface area contributed by atoms with E-state index in [2.05, 4.69) is 20.9 Å². The van der Waals surface area contributed by atoms with Gasteiger partial charge in [-0.1, -0.05) is 34.1 Å². The standard InChI is InChI=1S/C18H10BrNO3S/c19-12-5-3-11(4-6-12)15-8-7-13(22-15)10-14-18(21)23-17(20-14)16-2-1-9-24-16/h1-10H/b14-10-. The molecule has 0 N–H and O–H groups in total. The number of hydrogen-bond donors (Lipinski definition) is 0. The Kier molecular flexibility index (Phi) is 3.92. The van der Waals surface area contributed by atoms with Gasteiger partial charge in [0.25, 0.3) is 0 Å². The van der Waals surface area contributed by atoms with Gasteiger partial charge in [-0.05, 0) is 35.7 Å². The minimum Gasteiger partial charge on any atom is -0.457 e. The van der Waals surface area contributed by atoms with Crippen LogP contribution in [-0.2, 0) is 9.53 Å². The molecule has 0 amide bonds. The van der Waals surface area contributed by atoms with Crippen molar-refractivity contribution in [1.82, 2.24) is 0 Å². The number of aliphatic imine (C=N–C) groups is 1. The Morgan fingerprint density at radius 1 is 1.08 bits per heavy atom. The minimum atomic E-state index is -0.472. The number of benzene rings is 1. The molecule has 3 aromatic rings. The third-order valence-corrected chi connectivity index (χ3v) is 4.77. The van der Waals surface area contributed by atoms with E-state index in [4.69, 9.17) is 9.15 Å². The third kappa shape index (κ3) is 2.98. The SMILES string of the molecule is O=C1OC(c2cccs2)=N/C1=C\c1ccc(-c2ccc(Br)cc2)o1. The van der Waals surface area contributed by atoms with Crippen molar-refractivity contribution in [2.24, 2.45) is 4.99 Å². The van der Waals surface area contributed by atoms with Crippen molar-refractivity contribution < 1.29 is 13.9 Å². The first-order valence-corrected chi connectivity index (χ1v) is 8.78. The summed E-state index contributed by atoms with van der Waals surface area (Å²) in [5.74, 6) is 1.14. The second-order valence-electron chi connectivity index (χ2n) is 5.02. The summed E-state index contributed by atoms with van der Waals surface area (Å²) >= 11 is 4.88. The number of nitrogens with zero attached hydrogens (tertiary/aromatic N) is 1. The van der Waals surface area contributed by atoms with Gasteiger partial charge in [0, 0.05) is 16.1 Å². The zero-order valence-electron chi connectivity index (χ0n) is 12.2. The second-order valence-corrected chi connectivity index (χ2v) is 6.89. The van der Waals surface area contributed by atoms with E-state index in [-0.39, 0.29) is 5.70 Å². The average molecular weight is 400 g/mol. The van der Waals surface area contributed by atoms with Gasteiger partial charge >= 0.3 is 5.97 Å². The maximum absolute atomic E-state index is 12.0. The number of thiophene rings is 1. The van der Waals surface area contributed by atoms with Gasteiger partial charge in [0.2, 0.25) is 5.90 Å². The van der Waals surface area contributed by atoms with E-state index in [1.807, 2.05) is 47.8 Å². The van der Waals surface area contributed by atoms with E-state index in [0.717, 1.165) is 20.7 Å². The predicted octanol–water partition coefficient (Wildman–Crippen LogP) is 5.12. The molecule has 1 aromatic carbocycles. The number of halogens is 1. The quantitative estimate of drug-likeness (QED) is 0.453. The Bertz CT molecular complexity index is 953. The van der Waals surface area contributed by atoms with Crippen LogP contribution >= 0.6 is 27.3 Å². The van der Waals surface area contributed by atoms with Gasteiger partial charge in [0.15, 0.2) is 5.70 Å². The lowest BCUT2D eigenvalue weighted by Gasteiger charge is -1.96. The van der Waals surface area contributed by atoms with Gasteiger partial charge < -0.3 is 9.15 Å². The molecule has 1 aliphatic rings. The number of esters is 1. The maximum atomic E-state index is 12.0. The maximum Gasteiger partial charge on any atom is 0.363 e. The Balaban J connectivity index is 1.62. The Morgan fingerprint density at radius 2 is 1.92 bits per heavy atom. The molecule has 1 aliphatic heterocycles. The Morgan fingerprint density at radius 3 is 2.67 bits per heavy atom. The molecule has 24 heavy (non-hydrogen) atoms. The zero-order valence-corrected chi connectivity index (χ0v) is 14.6. The van der Waals surface area contributed by atoms with Crippen molar-refractivity contribution in [2.75, 3.05) is 0 Å². The predicted molar refractivity (Wildman–Crippen MR) is 96.8 cm³/mol. The topological polar surface area (TPSA) is 51.8 Å². The summed E-state index contributed by atoms with van der Waals surface area (Å²) in [6, 6.07) is 15.2. The molecule has 2 aromatic heterocycles. The normalized spacial score (nSPS) is 15.6. The van der Waals surface area contributed by atoms with Gasteiger partial charge in [-0.15, -0.1) is 11.3 Å². The smallest absolute Gasteiger partial charge is 0.363 e. The highest BCUT2D eigenvalue weighted by Gasteiger charge is 2.25. The molecule has 0 saturated heterocycles. The number of rotatable bonds is 3. The third-order valence-electron chi connectivity index (χ3n) is 3.39. The van der Waals surface area contributed by atoms with Crippen molar-refractivity contribution in [1.29, 1.82) is 0 Å². The monoisotopic (exact) mass is 399 g/mol. The van der Waals surface area contributed by atoms with E-state index in [0.29, 0.717) is 11.7 Å². The van der Waals surface area contributed by atoms with Crippen molar-refractivity contribution >= 4 is 45.2 Å². The fraction of sp³-hybridized carbons (Fsp3) is 0. The summed E-state index contributed by atoms with van der Waals surface area (Å²) in [6.45, 7) is 0.